The Hall–Kier alpha value is -2.99. The molecule has 134 valence electrons. The van der Waals surface area contributed by atoms with Crippen LogP contribution in [0.2, 0.25) is 0 Å². The molecule has 0 fully saturated rings. The zero-order valence-corrected chi connectivity index (χ0v) is 15.4. The van der Waals surface area contributed by atoms with Crippen LogP contribution >= 0.6 is 11.3 Å². The van der Waals surface area contributed by atoms with E-state index in [0.717, 1.165) is 16.7 Å². The quantitative estimate of drug-likeness (QED) is 0.660. The van der Waals surface area contributed by atoms with E-state index in [1.165, 1.54) is 7.11 Å². The van der Waals surface area contributed by atoms with Gasteiger partial charge in [0.15, 0.2) is 11.5 Å². The first-order valence-corrected chi connectivity index (χ1v) is 9.03. The molecule has 0 saturated heterocycles. The van der Waals surface area contributed by atoms with E-state index in [0.29, 0.717) is 23.7 Å². The van der Waals surface area contributed by atoms with E-state index in [9.17, 15) is 4.79 Å². The maximum absolute atomic E-state index is 12.3. The Labute approximate surface area is 156 Å². The maximum atomic E-state index is 12.3. The minimum Gasteiger partial charge on any atom is -0.493 e. The van der Waals surface area contributed by atoms with Crippen molar-refractivity contribution >= 4 is 23.1 Å². The zero-order valence-electron chi connectivity index (χ0n) is 14.6. The van der Waals surface area contributed by atoms with Crippen molar-refractivity contribution in [3.8, 4) is 22.6 Å². The Kier molecular flexibility index (Phi) is 5.76. The van der Waals surface area contributed by atoms with Crippen molar-refractivity contribution in [2.24, 2.45) is 0 Å². The highest BCUT2D eigenvalue weighted by Crippen LogP contribution is 2.34. The average Bonchev–Trinajstić information content (AvgIpc) is 3.21. The van der Waals surface area contributed by atoms with Gasteiger partial charge >= 0.3 is 6.03 Å². The van der Waals surface area contributed by atoms with Crippen LogP contribution in [-0.2, 0) is 6.54 Å². The number of urea groups is 1. The molecule has 0 radical (unpaired) electrons. The summed E-state index contributed by atoms with van der Waals surface area (Å²) in [6, 6.07) is 15.1. The van der Waals surface area contributed by atoms with Crippen LogP contribution < -0.4 is 20.1 Å². The number of anilines is 1. The van der Waals surface area contributed by atoms with Crippen LogP contribution in [0.15, 0.2) is 59.3 Å². The largest absolute Gasteiger partial charge is 0.493 e. The Morgan fingerprint density at radius 3 is 2.62 bits per heavy atom. The van der Waals surface area contributed by atoms with Gasteiger partial charge in [0.05, 0.1) is 19.9 Å². The van der Waals surface area contributed by atoms with Crippen molar-refractivity contribution in [3.63, 3.8) is 0 Å². The molecule has 0 bridgehead atoms. The summed E-state index contributed by atoms with van der Waals surface area (Å²) in [4.78, 5) is 12.3. The number of ether oxygens (including phenoxy) is 2. The predicted octanol–water partition coefficient (Wildman–Crippen LogP) is 4.75. The number of hydrogen-bond acceptors (Lipinski definition) is 4. The fraction of sp³-hybridized carbons (Fsp3) is 0.150. The number of rotatable bonds is 6. The van der Waals surface area contributed by atoms with Crippen LogP contribution in [0.25, 0.3) is 11.1 Å². The Balaban J connectivity index is 1.70. The van der Waals surface area contributed by atoms with Gasteiger partial charge in [0.25, 0.3) is 0 Å². The highest BCUT2D eigenvalue weighted by molar-refractivity contribution is 7.08. The lowest BCUT2D eigenvalue weighted by Gasteiger charge is -2.14. The average molecular weight is 368 g/mol. The van der Waals surface area contributed by atoms with Crippen molar-refractivity contribution in [1.82, 2.24) is 5.32 Å². The van der Waals surface area contributed by atoms with Crippen molar-refractivity contribution in [2.75, 3.05) is 19.5 Å². The van der Waals surface area contributed by atoms with Gasteiger partial charge in [-0.05, 0) is 45.6 Å². The second-order valence-electron chi connectivity index (χ2n) is 5.52. The second-order valence-corrected chi connectivity index (χ2v) is 6.30. The number of nitrogens with one attached hydrogen (secondary N) is 2. The highest BCUT2D eigenvalue weighted by Gasteiger charge is 2.12. The van der Waals surface area contributed by atoms with E-state index in [1.54, 1.807) is 36.6 Å². The lowest BCUT2D eigenvalue weighted by molar-refractivity contribution is 0.251. The van der Waals surface area contributed by atoms with Gasteiger partial charge in [-0.1, -0.05) is 30.3 Å². The van der Waals surface area contributed by atoms with Crippen molar-refractivity contribution in [2.45, 2.75) is 6.54 Å². The molecule has 2 N–H and O–H groups in total. The molecule has 0 aliphatic heterocycles. The SMILES string of the molecule is COc1cccc(NC(=O)NCc2ccccc2-c2ccsc2)c1OC. The van der Waals surface area contributed by atoms with E-state index in [4.69, 9.17) is 9.47 Å². The minimum absolute atomic E-state index is 0.309. The van der Waals surface area contributed by atoms with Gasteiger partial charge in [0, 0.05) is 6.54 Å². The van der Waals surface area contributed by atoms with Crippen LogP contribution in [0.4, 0.5) is 10.5 Å². The first-order valence-electron chi connectivity index (χ1n) is 8.09. The fourth-order valence-electron chi connectivity index (χ4n) is 2.70. The van der Waals surface area contributed by atoms with E-state index >= 15 is 0 Å². The first-order chi connectivity index (χ1) is 12.7. The standard InChI is InChI=1S/C20H20N2O3S/c1-24-18-9-5-8-17(19(18)25-2)22-20(23)21-12-14-6-3-4-7-16(14)15-10-11-26-13-15/h3-11,13H,12H2,1-2H3,(H2,21,22,23). The van der Waals surface area contributed by atoms with E-state index in [1.807, 2.05) is 23.6 Å². The van der Waals surface area contributed by atoms with Gasteiger partial charge in [-0.2, -0.15) is 11.3 Å². The third-order valence-electron chi connectivity index (χ3n) is 3.94. The number of thiophene rings is 1. The third kappa shape index (κ3) is 3.97. The molecular formula is C20H20N2O3S. The molecule has 2 aromatic carbocycles. The topological polar surface area (TPSA) is 59.6 Å². The molecule has 0 unspecified atom stereocenters. The van der Waals surface area contributed by atoms with Crippen LogP contribution in [0.1, 0.15) is 5.56 Å². The van der Waals surface area contributed by atoms with Crippen LogP contribution in [0, 0.1) is 0 Å². The monoisotopic (exact) mass is 368 g/mol. The predicted molar refractivity (Wildman–Crippen MR) is 105 cm³/mol. The van der Waals surface area contributed by atoms with E-state index in [2.05, 4.69) is 28.1 Å². The molecule has 3 rings (SSSR count). The van der Waals surface area contributed by atoms with Crippen molar-refractivity contribution in [1.29, 1.82) is 0 Å². The summed E-state index contributed by atoms with van der Waals surface area (Å²) in [7, 11) is 3.10. The lowest BCUT2D eigenvalue weighted by atomic mass is 10.0. The van der Waals surface area contributed by atoms with E-state index in [-0.39, 0.29) is 6.03 Å². The van der Waals surface area contributed by atoms with Crippen LogP contribution in [0.3, 0.4) is 0 Å². The maximum Gasteiger partial charge on any atom is 0.319 e. The highest BCUT2D eigenvalue weighted by atomic mass is 32.1. The normalized spacial score (nSPS) is 10.2. The van der Waals surface area contributed by atoms with Crippen molar-refractivity contribution in [3.05, 3.63) is 64.9 Å². The molecule has 2 amide bonds. The second kappa shape index (κ2) is 8.40. The smallest absolute Gasteiger partial charge is 0.319 e. The molecule has 0 saturated carbocycles. The summed E-state index contributed by atoms with van der Waals surface area (Å²) >= 11 is 1.65. The Morgan fingerprint density at radius 1 is 1.04 bits per heavy atom. The Morgan fingerprint density at radius 2 is 1.88 bits per heavy atom. The molecule has 1 aromatic heterocycles. The molecule has 0 aliphatic carbocycles. The number of amides is 2. The minimum atomic E-state index is -0.309. The molecule has 3 aromatic rings. The molecule has 1 heterocycles. The van der Waals surface area contributed by atoms with Gasteiger partial charge in [0.2, 0.25) is 0 Å². The third-order valence-corrected chi connectivity index (χ3v) is 4.62. The number of carbonyl (C=O) groups is 1. The molecule has 0 aliphatic rings. The fourth-order valence-corrected chi connectivity index (χ4v) is 3.36. The summed E-state index contributed by atoms with van der Waals surface area (Å²) < 4.78 is 10.6. The number of carbonyl (C=O) groups excluding carboxylic acids is 1. The van der Waals surface area contributed by atoms with Gasteiger partial charge in [-0.25, -0.2) is 4.79 Å². The summed E-state index contributed by atoms with van der Waals surface area (Å²) in [6.45, 7) is 0.421. The Bertz CT molecular complexity index is 879. The molecule has 26 heavy (non-hydrogen) atoms. The molecular weight excluding hydrogens is 348 g/mol. The molecule has 0 spiro atoms. The van der Waals surface area contributed by atoms with Gasteiger partial charge in [0.1, 0.15) is 0 Å². The van der Waals surface area contributed by atoms with E-state index < -0.39 is 0 Å². The summed E-state index contributed by atoms with van der Waals surface area (Å²) in [6.07, 6.45) is 0. The molecule has 5 nitrogen and oxygen atoms in total. The lowest BCUT2D eigenvalue weighted by Crippen LogP contribution is -2.28. The number of benzene rings is 2. The summed E-state index contributed by atoms with van der Waals surface area (Å²) in [5, 5.41) is 9.84. The first kappa shape index (κ1) is 17.8. The summed E-state index contributed by atoms with van der Waals surface area (Å²) in [5.41, 5.74) is 3.88. The number of methoxy groups -OCH3 is 2. The van der Waals surface area contributed by atoms with Crippen LogP contribution in [0.5, 0.6) is 11.5 Å². The zero-order chi connectivity index (χ0) is 18.4. The summed E-state index contributed by atoms with van der Waals surface area (Å²) in [5.74, 6) is 1.05. The number of hydrogen-bond donors (Lipinski definition) is 2. The van der Waals surface area contributed by atoms with Gasteiger partial charge in [-0.3, -0.25) is 0 Å². The van der Waals surface area contributed by atoms with Crippen molar-refractivity contribution < 1.29 is 14.3 Å². The van der Waals surface area contributed by atoms with Crippen LogP contribution in [-0.4, -0.2) is 20.3 Å². The van der Waals surface area contributed by atoms with Gasteiger partial charge < -0.3 is 20.1 Å². The van der Waals surface area contributed by atoms with Gasteiger partial charge in [-0.15, -0.1) is 0 Å². The molecule has 0 atom stereocenters. The molecule has 6 heteroatoms. The number of para-hydroxylation sites is 1.